The highest BCUT2D eigenvalue weighted by molar-refractivity contribution is 7.99. The lowest BCUT2D eigenvalue weighted by atomic mass is 10.0. The molecule has 3 aromatic carbocycles. The standard InChI is InChI=1S/C29H26FN5OS2/c1-19-12-13-20(2)23(16-19)25-17-37-28(31-25)32-26(36)18-38-29-34-33-27(22-10-6-7-11-24(22)30)35(29)15-14-21-8-4-3-5-9-21/h3-13,16-17H,14-15,18H2,1-2H3,(H,31,32,36). The summed E-state index contributed by atoms with van der Waals surface area (Å²) in [5.74, 6) is 0.0135. The van der Waals surface area contributed by atoms with Gasteiger partial charge >= 0.3 is 0 Å². The summed E-state index contributed by atoms with van der Waals surface area (Å²) in [5, 5.41) is 14.5. The van der Waals surface area contributed by atoms with Crippen LogP contribution in [0.3, 0.4) is 0 Å². The van der Waals surface area contributed by atoms with Crippen LogP contribution in [-0.4, -0.2) is 31.4 Å². The third-order valence-corrected chi connectivity index (χ3v) is 7.77. The quantitative estimate of drug-likeness (QED) is 0.207. The summed E-state index contributed by atoms with van der Waals surface area (Å²) in [5.41, 5.74) is 5.73. The summed E-state index contributed by atoms with van der Waals surface area (Å²) < 4.78 is 16.5. The molecule has 1 N–H and O–H groups in total. The van der Waals surface area contributed by atoms with E-state index in [1.54, 1.807) is 18.2 Å². The molecule has 0 saturated carbocycles. The van der Waals surface area contributed by atoms with Crippen LogP contribution < -0.4 is 5.32 Å². The molecule has 5 aromatic rings. The van der Waals surface area contributed by atoms with Gasteiger partial charge in [0, 0.05) is 17.5 Å². The van der Waals surface area contributed by atoms with E-state index in [-0.39, 0.29) is 17.5 Å². The summed E-state index contributed by atoms with van der Waals surface area (Å²) >= 11 is 2.66. The number of aromatic nitrogens is 4. The van der Waals surface area contributed by atoms with Crippen molar-refractivity contribution in [2.75, 3.05) is 11.1 Å². The fourth-order valence-electron chi connectivity index (χ4n) is 4.08. The Morgan fingerprint density at radius 2 is 1.79 bits per heavy atom. The average Bonchev–Trinajstić information content (AvgIpc) is 3.55. The molecule has 6 nitrogen and oxygen atoms in total. The Kier molecular flexibility index (Phi) is 7.95. The van der Waals surface area contributed by atoms with Crippen LogP contribution in [0.2, 0.25) is 0 Å². The van der Waals surface area contributed by atoms with Gasteiger partial charge in [0.05, 0.1) is 17.0 Å². The molecule has 0 saturated heterocycles. The molecule has 0 atom stereocenters. The maximum Gasteiger partial charge on any atom is 0.236 e. The molecule has 0 unspecified atom stereocenters. The highest BCUT2D eigenvalue weighted by Gasteiger charge is 2.19. The number of carbonyl (C=O) groups excluding carboxylic acids is 1. The van der Waals surface area contributed by atoms with Crippen LogP contribution in [0.4, 0.5) is 9.52 Å². The number of hydrogen-bond acceptors (Lipinski definition) is 6. The van der Waals surface area contributed by atoms with Gasteiger partial charge < -0.3 is 9.88 Å². The second-order valence-electron chi connectivity index (χ2n) is 8.87. The van der Waals surface area contributed by atoms with Gasteiger partial charge in [-0.15, -0.1) is 21.5 Å². The van der Waals surface area contributed by atoms with Gasteiger partial charge in [-0.05, 0) is 49.6 Å². The van der Waals surface area contributed by atoms with Crippen LogP contribution in [0.15, 0.2) is 83.3 Å². The molecule has 0 radical (unpaired) electrons. The number of nitrogens with one attached hydrogen (secondary N) is 1. The first kappa shape index (κ1) is 25.8. The van der Waals surface area contributed by atoms with Gasteiger partial charge in [0.25, 0.3) is 0 Å². The van der Waals surface area contributed by atoms with Gasteiger partial charge in [-0.25, -0.2) is 9.37 Å². The van der Waals surface area contributed by atoms with E-state index in [2.05, 4.69) is 38.7 Å². The Morgan fingerprint density at radius 1 is 1.00 bits per heavy atom. The summed E-state index contributed by atoms with van der Waals surface area (Å²) in [7, 11) is 0. The predicted octanol–water partition coefficient (Wildman–Crippen LogP) is 6.80. The number of anilines is 1. The minimum Gasteiger partial charge on any atom is -0.302 e. The fraction of sp³-hybridized carbons (Fsp3) is 0.172. The van der Waals surface area contributed by atoms with Crippen LogP contribution in [0.5, 0.6) is 0 Å². The molecule has 0 aliphatic heterocycles. The first-order chi connectivity index (χ1) is 18.5. The van der Waals surface area contributed by atoms with Crippen molar-refractivity contribution in [2.45, 2.75) is 32.0 Å². The highest BCUT2D eigenvalue weighted by atomic mass is 32.2. The minimum absolute atomic E-state index is 0.124. The molecule has 1 amide bonds. The molecule has 2 aromatic heterocycles. The average molecular weight is 544 g/mol. The van der Waals surface area contributed by atoms with Crippen molar-refractivity contribution in [1.82, 2.24) is 19.7 Å². The van der Waals surface area contributed by atoms with Crippen molar-refractivity contribution in [3.8, 4) is 22.6 Å². The van der Waals surface area contributed by atoms with Gasteiger partial charge in [0.2, 0.25) is 5.91 Å². The van der Waals surface area contributed by atoms with Crippen LogP contribution in [-0.2, 0) is 17.8 Å². The number of halogens is 1. The highest BCUT2D eigenvalue weighted by Crippen LogP contribution is 2.29. The van der Waals surface area contributed by atoms with Crippen LogP contribution in [0.25, 0.3) is 22.6 Å². The van der Waals surface area contributed by atoms with Crippen molar-refractivity contribution < 1.29 is 9.18 Å². The number of thioether (sulfide) groups is 1. The Balaban J connectivity index is 1.30. The van der Waals surface area contributed by atoms with Crippen molar-refractivity contribution in [2.24, 2.45) is 0 Å². The maximum atomic E-state index is 14.6. The number of thiazole rings is 1. The second kappa shape index (κ2) is 11.7. The van der Waals surface area contributed by atoms with Gasteiger partial charge in [-0.2, -0.15) is 0 Å². The van der Waals surface area contributed by atoms with Gasteiger partial charge in [-0.1, -0.05) is 71.9 Å². The van der Waals surface area contributed by atoms with E-state index in [0.717, 1.165) is 34.4 Å². The molecule has 38 heavy (non-hydrogen) atoms. The SMILES string of the molecule is Cc1ccc(C)c(-c2csc(NC(=O)CSc3nnc(-c4ccccc4F)n3CCc3ccccc3)n2)c1. The Bertz CT molecular complexity index is 1560. The first-order valence-corrected chi connectivity index (χ1v) is 14.0. The second-order valence-corrected chi connectivity index (χ2v) is 10.7. The summed E-state index contributed by atoms with van der Waals surface area (Å²) in [6.45, 7) is 4.65. The lowest BCUT2D eigenvalue weighted by molar-refractivity contribution is -0.113. The molecule has 192 valence electrons. The largest absolute Gasteiger partial charge is 0.302 e. The van der Waals surface area contributed by atoms with E-state index in [0.29, 0.717) is 28.2 Å². The third-order valence-electron chi connectivity index (χ3n) is 6.05. The van der Waals surface area contributed by atoms with Crippen LogP contribution in [0.1, 0.15) is 16.7 Å². The fourth-order valence-corrected chi connectivity index (χ4v) is 5.57. The number of hydrogen-bond donors (Lipinski definition) is 1. The van der Waals surface area contributed by atoms with Crippen molar-refractivity contribution in [1.29, 1.82) is 0 Å². The zero-order valence-electron chi connectivity index (χ0n) is 21.0. The van der Waals surface area contributed by atoms with Crippen LogP contribution >= 0.6 is 23.1 Å². The topological polar surface area (TPSA) is 72.7 Å². The summed E-state index contributed by atoms with van der Waals surface area (Å²) in [6.07, 6.45) is 0.723. The molecule has 0 aliphatic rings. The van der Waals surface area contributed by atoms with Crippen molar-refractivity contribution >= 4 is 34.1 Å². The lowest BCUT2D eigenvalue weighted by Gasteiger charge is -2.11. The Morgan fingerprint density at radius 3 is 2.61 bits per heavy atom. The third kappa shape index (κ3) is 6.00. The number of nitrogens with zero attached hydrogens (tertiary/aromatic N) is 4. The minimum atomic E-state index is -0.362. The monoisotopic (exact) mass is 543 g/mol. The number of carbonyl (C=O) groups is 1. The molecule has 0 fully saturated rings. The molecule has 9 heteroatoms. The maximum absolute atomic E-state index is 14.6. The normalized spacial score (nSPS) is 11.0. The van der Waals surface area contributed by atoms with Crippen LogP contribution in [0, 0.1) is 19.7 Å². The summed E-state index contributed by atoms with van der Waals surface area (Å²) in [6, 6.07) is 22.8. The van der Waals surface area contributed by atoms with E-state index in [1.165, 1.54) is 29.2 Å². The number of benzene rings is 3. The van der Waals surface area contributed by atoms with Crippen molar-refractivity contribution in [3.05, 3.63) is 101 Å². The Labute approximate surface area is 229 Å². The molecule has 0 aliphatic carbocycles. The number of rotatable bonds is 9. The zero-order valence-corrected chi connectivity index (χ0v) is 22.7. The van der Waals surface area contributed by atoms with Gasteiger partial charge in [-0.3, -0.25) is 4.79 Å². The lowest BCUT2D eigenvalue weighted by Crippen LogP contribution is -2.15. The molecule has 0 spiro atoms. The number of amides is 1. The Hall–Kier alpha value is -3.82. The van der Waals surface area contributed by atoms with E-state index < -0.39 is 0 Å². The molecule has 2 heterocycles. The first-order valence-electron chi connectivity index (χ1n) is 12.2. The van der Waals surface area contributed by atoms with Crippen molar-refractivity contribution in [3.63, 3.8) is 0 Å². The smallest absolute Gasteiger partial charge is 0.236 e. The predicted molar refractivity (Wildman–Crippen MR) is 152 cm³/mol. The van der Waals surface area contributed by atoms with E-state index in [4.69, 9.17) is 0 Å². The molecule has 0 bridgehead atoms. The van der Waals surface area contributed by atoms with E-state index >= 15 is 0 Å². The van der Waals surface area contributed by atoms with E-state index in [9.17, 15) is 9.18 Å². The molecular weight excluding hydrogens is 517 g/mol. The zero-order chi connectivity index (χ0) is 26.5. The summed E-state index contributed by atoms with van der Waals surface area (Å²) in [4.78, 5) is 17.4. The van der Waals surface area contributed by atoms with Gasteiger partial charge in [0.15, 0.2) is 16.1 Å². The molecular formula is C29H26FN5OS2. The van der Waals surface area contributed by atoms with E-state index in [1.807, 2.05) is 54.1 Å². The number of aryl methyl sites for hydroxylation is 3. The van der Waals surface area contributed by atoms with Gasteiger partial charge in [0.1, 0.15) is 5.82 Å². The molecule has 5 rings (SSSR count).